The lowest BCUT2D eigenvalue weighted by Gasteiger charge is -2.26. The van der Waals surface area contributed by atoms with Crippen molar-refractivity contribution in [3.05, 3.63) is 55.9 Å². The molecule has 1 aromatic carbocycles. The van der Waals surface area contributed by atoms with Crippen LogP contribution in [0, 0.1) is 11.7 Å². The highest BCUT2D eigenvalue weighted by Gasteiger charge is 2.21. The lowest BCUT2D eigenvalue weighted by Crippen LogP contribution is -2.28. The van der Waals surface area contributed by atoms with E-state index in [0.717, 1.165) is 5.56 Å². The molecule has 0 radical (unpaired) electrons. The Morgan fingerprint density at radius 2 is 1.86 bits per heavy atom. The van der Waals surface area contributed by atoms with Gasteiger partial charge in [-0.25, -0.2) is 4.39 Å². The monoisotopic (exact) mass is 345 g/mol. The Morgan fingerprint density at radius 1 is 1.14 bits per heavy atom. The minimum Gasteiger partial charge on any atom is -0.302 e. The summed E-state index contributed by atoms with van der Waals surface area (Å²) in [5.41, 5.74) is 0.723. The summed E-state index contributed by atoms with van der Waals surface area (Å²) in [6.07, 6.45) is 0. The van der Waals surface area contributed by atoms with E-state index < -0.39 is 5.82 Å². The van der Waals surface area contributed by atoms with E-state index in [1.54, 1.807) is 11.3 Å². The van der Waals surface area contributed by atoms with E-state index in [4.69, 9.17) is 23.2 Å². The van der Waals surface area contributed by atoms with Crippen molar-refractivity contribution in [3.63, 3.8) is 0 Å². The van der Waals surface area contributed by atoms with Crippen LogP contribution in [0.25, 0.3) is 0 Å². The van der Waals surface area contributed by atoms with Gasteiger partial charge in [0, 0.05) is 22.0 Å². The van der Waals surface area contributed by atoms with Crippen molar-refractivity contribution in [1.82, 2.24) is 5.32 Å². The summed E-state index contributed by atoms with van der Waals surface area (Å²) in [6.45, 7) is 6.31. The molecule has 1 N–H and O–H groups in total. The van der Waals surface area contributed by atoms with Crippen molar-refractivity contribution in [3.8, 4) is 0 Å². The van der Waals surface area contributed by atoms with Crippen LogP contribution in [0.1, 0.15) is 43.3 Å². The average molecular weight is 346 g/mol. The predicted molar refractivity (Wildman–Crippen MR) is 89.9 cm³/mol. The maximum Gasteiger partial charge on any atom is 0.142 e. The van der Waals surface area contributed by atoms with Crippen LogP contribution in [0.2, 0.25) is 10.0 Å². The lowest BCUT2D eigenvalue weighted by molar-refractivity contribution is 0.379. The molecule has 0 bridgehead atoms. The molecule has 2 aromatic rings. The van der Waals surface area contributed by atoms with Crippen LogP contribution in [-0.2, 0) is 0 Å². The Bertz CT molecular complexity index is 599. The van der Waals surface area contributed by atoms with Crippen LogP contribution in [0.5, 0.6) is 0 Å². The highest BCUT2D eigenvalue weighted by atomic mass is 35.5. The van der Waals surface area contributed by atoms with Gasteiger partial charge in [0.25, 0.3) is 0 Å². The molecule has 0 aliphatic carbocycles. The fraction of sp³-hybridized carbons (Fsp3) is 0.375. The molecule has 0 aliphatic heterocycles. The Kier molecular flexibility index (Phi) is 5.67. The van der Waals surface area contributed by atoms with E-state index in [1.165, 1.54) is 17.0 Å². The van der Waals surface area contributed by atoms with Crippen molar-refractivity contribution >= 4 is 34.5 Å². The molecule has 0 saturated carbocycles. The third kappa shape index (κ3) is 3.98. The summed E-state index contributed by atoms with van der Waals surface area (Å²) in [6, 6.07) is 7.15. The van der Waals surface area contributed by atoms with E-state index in [2.05, 4.69) is 30.6 Å². The zero-order chi connectivity index (χ0) is 15.6. The Balaban J connectivity index is 2.24. The Labute approximate surface area is 139 Å². The predicted octanol–water partition coefficient (Wildman–Crippen LogP) is 6.24. The zero-order valence-electron chi connectivity index (χ0n) is 12.2. The van der Waals surface area contributed by atoms with Gasteiger partial charge in [0.05, 0.1) is 5.02 Å². The molecule has 0 aliphatic rings. The number of hydrogen-bond acceptors (Lipinski definition) is 2. The van der Waals surface area contributed by atoms with Crippen LogP contribution < -0.4 is 5.32 Å². The molecular formula is C16H18Cl2FNS. The van der Waals surface area contributed by atoms with E-state index in [1.807, 2.05) is 13.0 Å². The first-order valence-electron chi connectivity index (χ1n) is 6.84. The van der Waals surface area contributed by atoms with Gasteiger partial charge in [0.2, 0.25) is 0 Å². The van der Waals surface area contributed by atoms with Crippen molar-refractivity contribution in [2.45, 2.75) is 32.9 Å². The average Bonchev–Trinajstić information content (AvgIpc) is 2.93. The molecule has 2 atom stereocenters. The number of thiophene rings is 1. The number of benzene rings is 1. The highest BCUT2D eigenvalue weighted by Crippen LogP contribution is 2.32. The molecule has 21 heavy (non-hydrogen) atoms. The van der Waals surface area contributed by atoms with Crippen molar-refractivity contribution < 1.29 is 4.39 Å². The second-order valence-electron chi connectivity index (χ2n) is 5.41. The van der Waals surface area contributed by atoms with Gasteiger partial charge in [-0.1, -0.05) is 43.1 Å². The summed E-state index contributed by atoms with van der Waals surface area (Å²) in [5.74, 6) is -0.0241. The fourth-order valence-corrected chi connectivity index (χ4v) is 3.81. The molecule has 1 heterocycles. The topological polar surface area (TPSA) is 12.0 Å². The molecule has 0 fully saturated rings. The molecule has 0 spiro atoms. The minimum absolute atomic E-state index is 0.0506. The molecule has 5 heteroatoms. The van der Waals surface area contributed by atoms with E-state index in [0.29, 0.717) is 10.9 Å². The summed E-state index contributed by atoms with van der Waals surface area (Å²) in [4.78, 5) is 1.27. The summed E-state index contributed by atoms with van der Waals surface area (Å²) in [5, 5.41) is 6.13. The number of nitrogens with one attached hydrogen (secondary N) is 1. The quantitative estimate of drug-likeness (QED) is 0.632. The van der Waals surface area contributed by atoms with Gasteiger partial charge in [-0.2, -0.15) is 0 Å². The number of halogens is 3. The number of rotatable bonds is 5. The maximum absolute atomic E-state index is 13.7. The van der Waals surface area contributed by atoms with Gasteiger partial charge < -0.3 is 5.32 Å². The van der Waals surface area contributed by atoms with Gasteiger partial charge in [-0.3, -0.25) is 0 Å². The van der Waals surface area contributed by atoms with Gasteiger partial charge in [-0.15, -0.1) is 11.3 Å². The van der Waals surface area contributed by atoms with E-state index in [-0.39, 0.29) is 17.1 Å². The maximum atomic E-state index is 13.7. The second-order valence-corrected chi connectivity index (χ2v) is 7.21. The van der Waals surface area contributed by atoms with E-state index >= 15 is 0 Å². The van der Waals surface area contributed by atoms with Crippen LogP contribution in [0.4, 0.5) is 4.39 Å². The van der Waals surface area contributed by atoms with Gasteiger partial charge in [0.1, 0.15) is 5.82 Å². The zero-order valence-corrected chi connectivity index (χ0v) is 14.5. The smallest absolute Gasteiger partial charge is 0.142 e. The van der Waals surface area contributed by atoms with Crippen molar-refractivity contribution in [1.29, 1.82) is 0 Å². The van der Waals surface area contributed by atoms with Crippen LogP contribution in [0.15, 0.2) is 29.6 Å². The summed E-state index contributed by atoms with van der Waals surface area (Å²) >= 11 is 13.7. The first-order chi connectivity index (χ1) is 9.90. The highest BCUT2D eigenvalue weighted by molar-refractivity contribution is 7.10. The van der Waals surface area contributed by atoms with Crippen LogP contribution >= 0.6 is 34.5 Å². The molecule has 1 aromatic heterocycles. The largest absolute Gasteiger partial charge is 0.302 e. The van der Waals surface area contributed by atoms with Gasteiger partial charge >= 0.3 is 0 Å². The minimum atomic E-state index is -0.443. The van der Waals surface area contributed by atoms with Crippen LogP contribution in [0.3, 0.4) is 0 Å². The van der Waals surface area contributed by atoms with Crippen molar-refractivity contribution in [2.24, 2.45) is 5.92 Å². The normalized spacial score (nSPS) is 14.4. The molecule has 2 unspecified atom stereocenters. The SMILES string of the molecule is CC(NC(c1cccs1)C(C)C)c1cc(F)c(Cl)cc1Cl. The lowest BCUT2D eigenvalue weighted by atomic mass is 9.99. The fourth-order valence-electron chi connectivity index (χ4n) is 2.30. The van der Waals surface area contributed by atoms with Crippen LogP contribution in [-0.4, -0.2) is 0 Å². The Hall–Kier alpha value is -0.610. The van der Waals surface area contributed by atoms with Crippen molar-refractivity contribution in [2.75, 3.05) is 0 Å². The Morgan fingerprint density at radius 3 is 2.43 bits per heavy atom. The third-order valence-corrected chi connectivity index (χ3v) is 5.02. The summed E-state index contributed by atoms with van der Waals surface area (Å²) in [7, 11) is 0. The molecule has 0 saturated heterocycles. The molecule has 114 valence electrons. The third-order valence-electron chi connectivity index (χ3n) is 3.45. The first kappa shape index (κ1) is 16.8. The second kappa shape index (κ2) is 7.10. The van der Waals surface area contributed by atoms with Gasteiger partial charge in [0.15, 0.2) is 0 Å². The number of hydrogen-bond donors (Lipinski definition) is 1. The standard InChI is InChI=1S/C16H18Cl2FNS/c1-9(2)16(15-5-4-6-21-15)20-10(3)11-7-14(19)13(18)8-12(11)17/h4-10,16,20H,1-3H3. The summed E-state index contributed by atoms with van der Waals surface area (Å²) < 4.78 is 13.7. The molecule has 2 rings (SSSR count). The molecule has 0 amide bonds. The molecule has 1 nitrogen and oxygen atoms in total. The van der Waals surface area contributed by atoms with E-state index in [9.17, 15) is 4.39 Å². The first-order valence-corrected chi connectivity index (χ1v) is 8.47. The molecular weight excluding hydrogens is 328 g/mol. The van der Waals surface area contributed by atoms with Gasteiger partial charge in [-0.05, 0) is 42.0 Å².